The molecule has 1 atom stereocenters. The van der Waals surface area contributed by atoms with Gasteiger partial charge >= 0.3 is 0 Å². The number of carbonyl (C=O) groups excluding carboxylic acids is 1. The summed E-state index contributed by atoms with van der Waals surface area (Å²) < 4.78 is 16.3. The standard InChI is InChI=1S/C21H22N4O4/c1-14-3-4-15(12-22-14)11-19(26)25-9-10-28-18(13-25)20-23-21(29-24-20)16-5-7-17(27-2)8-6-16/h3-8,12,18H,9-11,13H2,1-2H3. The van der Waals surface area contributed by atoms with Gasteiger partial charge in [-0.2, -0.15) is 4.98 Å². The van der Waals surface area contributed by atoms with Crippen LogP contribution < -0.4 is 4.74 Å². The molecule has 1 aliphatic heterocycles. The predicted molar refractivity (Wildman–Crippen MR) is 104 cm³/mol. The lowest BCUT2D eigenvalue weighted by Crippen LogP contribution is -2.43. The highest BCUT2D eigenvalue weighted by Crippen LogP contribution is 2.25. The molecule has 29 heavy (non-hydrogen) atoms. The molecule has 4 rings (SSSR count). The first-order valence-electron chi connectivity index (χ1n) is 9.41. The van der Waals surface area contributed by atoms with Crippen molar-refractivity contribution in [1.82, 2.24) is 20.0 Å². The molecule has 2 aromatic heterocycles. The van der Waals surface area contributed by atoms with Gasteiger partial charge < -0.3 is 18.9 Å². The van der Waals surface area contributed by atoms with Crippen LogP contribution in [-0.2, 0) is 16.0 Å². The lowest BCUT2D eigenvalue weighted by molar-refractivity contribution is -0.138. The lowest BCUT2D eigenvalue weighted by Gasteiger charge is -2.31. The molecule has 1 unspecified atom stereocenters. The molecule has 150 valence electrons. The Morgan fingerprint density at radius 1 is 1.24 bits per heavy atom. The van der Waals surface area contributed by atoms with Gasteiger partial charge in [0.2, 0.25) is 11.7 Å². The molecule has 0 bridgehead atoms. The number of pyridine rings is 1. The van der Waals surface area contributed by atoms with Gasteiger partial charge in [-0.1, -0.05) is 11.2 Å². The van der Waals surface area contributed by atoms with Crippen LogP contribution in [0.25, 0.3) is 11.5 Å². The number of rotatable bonds is 5. The smallest absolute Gasteiger partial charge is 0.258 e. The first-order valence-corrected chi connectivity index (χ1v) is 9.41. The Hall–Kier alpha value is -3.26. The number of ether oxygens (including phenoxy) is 2. The van der Waals surface area contributed by atoms with Crippen molar-refractivity contribution in [3.05, 3.63) is 59.7 Å². The van der Waals surface area contributed by atoms with Crippen molar-refractivity contribution in [2.24, 2.45) is 0 Å². The quantitative estimate of drug-likeness (QED) is 0.657. The van der Waals surface area contributed by atoms with Crippen LogP contribution in [0.1, 0.15) is 23.2 Å². The van der Waals surface area contributed by atoms with Crippen molar-refractivity contribution >= 4 is 5.91 Å². The van der Waals surface area contributed by atoms with E-state index in [-0.39, 0.29) is 5.91 Å². The Kier molecular flexibility index (Phi) is 5.53. The maximum atomic E-state index is 12.7. The molecule has 0 spiro atoms. The zero-order chi connectivity index (χ0) is 20.2. The Balaban J connectivity index is 1.42. The number of aryl methyl sites for hydroxylation is 1. The number of benzene rings is 1. The minimum Gasteiger partial charge on any atom is -0.497 e. The Morgan fingerprint density at radius 3 is 2.79 bits per heavy atom. The van der Waals surface area contributed by atoms with Gasteiger partial charge in [-0.3, -0.25) is 9.78 Å². The second-order valence-corrected chi connectivity index (χ2v) is 6.87. The van der Waals surface area contributed by atoms with Crippen LogP contribution in [0.2, 0.25) is 0 Å². The molecule has 0 saturated carbocycles. The zero-order valence-corrected chi connectivity index (χ0v) is 16.4. The van der Waals surface area contributed by atoms with E-state index in [1.165, 1.54) is 0 Å². The molecule has 0 radical (unpaired) electrons. The Bertz CT molecular complexity index is 969. The van der Waals surface area contributed by atoms with E-state index >= 15 is 0 Å². The van der Waals surface area contributed by atoms with Crippen LogP contribution in [0.3, 0.4) is 0 Å². The van der Waals surface area contributed by atoms with Gasteiger partial charge in [0.25, 0.3) is 5.89 Å². The molecular weight excluding hydrogens is 372 g/mol. The molecule has 1 aromatic carbocycles. The summed E-state index contributed by atoms with van der Waals surface area (Å²) in [6.45, 7) is 3.27. The first-order chi connectivity index (χ1) is 14.1. The Morgan fingerprint density at radius 2 is 2.07 bits per heavy atom. The number of amides is 1. The molecule has 8 nitrogen and oxygen atoms in total. The van der Waals surface area contributed by atoms with E-state index in [1.54, 1.807) is 18.2 Å². The average molecular weight is 394 g/mol. The summed E-state index contributed by atoms with van der Waals surface area (Å²) in [7, 11) is 1.61. The fraction of sp³-hybridized carbons (Fsp3) is 0.333. The molecule has 1 fully saturated rings. The van der Waals surface area contributed by atoms with Crippen molar-refractivity contribution < 1.29 is 18.8 Å². The molecule has 0 aliphatic carbocycles. The average Bonchev–Trinajstić information content (AvgIpc) is 3.26. The topological polar surface area (TPSA) is 90.6 Å². The molecular formula is C21H22N4O4. The van der Waals surface area contributed by atoms with Crippen molar-refractivity contribution in [3.63, 3.8) is 0 Å². The number of methoxy groups -OCH3 is 1. The number of carbonyl (C=O) groups is 1. The monoisotopic (exact) mass is 394 g/mol. The number of aromatic nitrogens is 3. The molecule has 3 aromatic rings. The van der Waals surface area contributed by atoms with Gasteiger partial charge in [0.15, 0.2) is 0 Å². The number of hydrogen-bond acceptors (Lipinski definition) is 7. The maximum Gasteiger partial charge on any atom is 0.258 e. The summed E-state index contributed by atoms with van der Waals surface area (Å²) >= 11 is 0. The highest BCUT2D eigenvalue weighted by atomic mass is 16.5. The van der Waals surface area contributed by atoms with Crippen LogP contribution in [-0.4, -0.2) is 52.7 Å². The minimum atomic E-state index is -0.417. The van der Waals surface area contributed by atoms with Crippen molar-refractivity contribution in [2.45, 2.75) is 19.4 Å². The summed E-state index contributed by atoms with van der Waals surface area (Å²) in [6, 6.07) is 11.2. The van der Waals surface area contributed by atoms with Crippen LogP contribution in [0.4, 0.5) is 0 Å². The van der Waals surface area contributed by atoms with Gasteiger partial charge in [0, 0.05) is 24.0 Å². The minimum absolute atomic E-state index is 0.0304. The second kappa shape index (κ2) is 8.40. The van der Waals surface area contributed by atoms with E-state index in [1.807, 2.05) is 43.3 Å². The van der Waals surface area contributed by atoms with Crippen LogP contribution >= 0.6 is 0 Å². The summed E-state index contributed by atoms with van der Waals surface area (Å²) in [5.41, 5.74) is 2.61. The maximum absolute atomic E-state index is 12.7. The number of nitrogens with zero attached hydrogens (tertiary/aromatic N) is 4. The Labute approximate surface area is 168 Å². The van der Waals surface area contributed by atoms with E-state index in [0.717, 1.165) is 22.6 Å². The largest absolute Gasteiger partial charge is 0.497 e. The third-order valence-corrected chi connectivity index (χ3v) is 4.81. The molecule has 0 N–H and O–H groups in total. The van der Waals surface area contributed by atoms with Crippen molar-refractivity contribution in [3.8, 4) is 17.2 Å². The van der Waals surface area contributed by atoms with E-state index < -0.39 is 6.10 Å². The number of morpholine rings is 1. The predicted octanol–water partition coefficient (Wildman–Crippen LogP) is 2.59. The van der Waals surface area contributed by atoms with Gasteiger partial charge in [0.1, 0.15) is 11.9 Å². The highest BCUT2D eigenvalue weighted by Gasteiger charge is 2.29. The first kappa shape index (κ1) is 19.1. The summed E-state index contributed by atoms with van der Waals surface area (Å²) in [4.78, 5) is 23.2. The third-order valence-electron chi connectivity index (χ3n) is 4.81. The van der Waals surface area contributed by atoms with Crippen molar-refractivity contribution in [1.29, 1.82) is 0 Å². The second-order valence-electron chi connectivity index (χ2n) is 6.87. The van der Waals surface area contributed by atoms with Gasteiger partial charge in [-0.05, 0) is 42.8 Å². The van der Waals surface area contributed by atoms with E-state index in [0.29, 0.717) is 37.8 Å². The van der Waals surface area contributed by atoms with E-state index in [9.17, 15) is 4.79 Å². The lowest BCUT2D eigenvalue weighted by atomic mass is 10.1. The van der Waals surface area contributed by atoms with Crippen LogP contribution in [0, 0.1) is 6.92 Å². The zero-order valence-electron chi connectivity index (χ0n) is 16.4. The van der Waals surface area contributed by atoms with Gasteiger partial charge in [-0.25, -0.2) is 0 Å². The number of hydrogen-bond donors (Lipinski definition) is 0. The summed E-state index contributed by atoms with van der Waals surface area (Å²) in [5.74, 6) is 1.62. The highest BCUT2D eigenvalue weighted by molar-refractivity contribution is 5.78. The van der Waals surface area contributed by atoms with E-state index in [4.69, 9.17) is 14.0 Å². The normalized spacial score (nSPS) is 16.6. The van der Waals surface area contributed by atoms with Gasteiger partial charge in [-0.15, -0.1) is 0 Å². The fourth-order valence-corrected chi connectivity index (χ4v) is 3.14. The van der Waals surface area contributed by atoms with Gasteiger partial charge in [0.05, 0.1) is 26.7 Å². The van der Waals surface area contributed by atoms with Crippen LogP contribution in [0.15, 0.2) is 47.1 Å². The molecule has 1 amide bonds. The summed E-state index contributed by atoms with van der Waals surface area (Å²) in [6.07, 6.45) is 1.63. The third kappa shape index (κ3) is 4.43. The molecule has 3 heterocycles. The molecule has 8 heteroatoms. The SMILES string of the molecule is COc1ccc(-c2nc(C3CN(C(=O)Cc4ccc(C)nc4)CCO3)no2)cc1. The van der Waals surface area contributed by atoms with Crippen molar-refractivity contribution in [2.75, 3.05) is 26.8 Å². The molecule has 1 aliphatic rings. The molecule has 1 saturated heterocycles. The fourth-order valence-electron chi connectivity index (χ4n) is 3.14. The van der Waals surface area contributed by atoms with Crippen LogP contribution in [0.5, 0.6) is 5.75 Å². The summed E-state index contributed by atoms with van der Waals surface area (Å²) in [5, 5.41) is 4.06. The van der Waals surface area contributed by atoms with E-state index in [2.05, 4.69) is 15.1 Å².